The molecule has 3 nitrogen and oxygen atoms in total. The van der Waals surface area contributed by atoms with Crippen LogP contribution in [0.3, 0.4) is 0 Å². The van der Waals surface area contributed by atoms with E-state index in [9.17, 15) is 0 Å². The summed E-state index contributed by atoms with van der Waals surface area (Å²) in [5, 5.41) is 5.41. The van der Waals surface area contributed by atoms with Crippen LogP contribution in [0.2, 0.25) is 0 Å². The summed E-state index contributed by atoms with van der Waals surface area (Å²) in [6.07, 6.45) is 4.09. The van der Waals surface area contributed by atoms with Gasteiger partial charge in [-0.15, -0.1) is 11.3 Å². The normalized spacial score (nSPS) is 10.9. The Morgan fingerprint density at radius 1 is 1.29 bits per heavy atom. The van der Waals surface area contributed by atoms with E-state index in [0.717, 1.165) is 22.9 Å². The van der Waals surface area contributed by atoms with Crippen molar-refractivity contribution in [3.8, 4) is 0 Å². The zero-order chi connectivity index (χ0) is 11.7. The molecule has 0 saturated carbocycles. The maximum Gasteiger partial charge on any atom is 0.193 e. The lowest BCUT2D eigenvalue weighted by molar-refractivity contribution is 1.08. The van der Waals surface area contributed by atoms with E-state index in [1.807, 2.05) is 11.6 Å². The summed E-state index contributed by atoms with van der Waals surface area (Å²) >= 11 is 1.66. The number of anilines is 1. The highest BCUT2D eigenvalue weighted by molar-refractivity contribution is 7.15. The van der Waals surface area contributed by atoms with Gasteiger partial charge in [-0.05, 0) is 19.1 Å². The monoisotopic (exact) mass is 243 g/mol. The van der Waals surface area contributed by atoms with Crippen molar-refractivity contribution in [1.29, 1.82) is 0 Å². The molecule has 0 amide bonds. The predicted octanol–water partition coefficient (Wildman–Crippen LogP) is 3.32. The summed E-state index contributed by atoms with van der Waals surface area (Å²) in [5.41, 5.74) is 3.47. The first-order chi connectivity index (χ1) is 8.31. The Bertz CT molecular complexity index is 593. The van der Waals surface area contributed by atoms with Crippen LogP contribution in [0.5, 0.6) is 0 Å². The van der Waals surface area contributed by atoms with Gasteiger partial charge in [0, 0.05) is 23.5 Å². The van der Waals surface area contributed by atoms with Gasteiger partial charge in [0.2, 0.25) is 0 Å². The zero-order valence-corrected chi connectivity index (χ0v) is 10.4. The van der Waals surface area contributed by atoms with Gasteiger partial charge < -0.3 is 5.32 Å². The van der Waals surface area contributed by atoms with E-state index in [0.29, 0.717) is 0 Å². The number of fused-ring (bicyclic) bond motifs is 1. The van der Waals surface area contributed by atoms with Crippen LogP contribution < -0.4 is 5.32 Å². The van der Waals surface area contributed by atoms with E-state index in [2.05, 4.69) is 52.1 Å². The summed E-state index contributed by atoms with van der Waals surface area (Å²) in [5.74, 6) is 0. The molecule has 17 heavy (non-hydrogen) atoms. The first-order valence-corrected chi connectivity index (χ1v) is 6.41. The highest BCUT2D eigenvalue weighted by atomic mass is 32.1. The van der Waals surface area contributed by atoms with Crippen LogP contribution in [0, 0.1) is 6.92 Å². The Morgan fingerprint density at radius 2 is 2.12 bits per heavy atom. The Kier molecular flexibility index (Phi) is 2.57. The summed E-state index contributed by atoms with van der Waals surface area (Å²) < 4.78 is 2.05. The molecule has 0 aliphatic carbocycles. The molecule has 2 heterocycles. The lowest BCUT2D eigenvalue weighted by Gasteiger charge is -2.04. The standard InChI is InChI=1S/C13H13N3S/c1-10-2-4-11(5-3-10)14-8-12-9-16-6-7-17-13(16)15-12/h2-7,9,14H,8H2,1H3. The summed E-state index contributed by atoms with van der Waals surface area (Å²) in [6.45, 7) is 2.85. The highest BCUT2D eigenvalue weighted by Gasteiger charge is 2.01. The Labute approximate surface area is 104 Å². The molecule has 0 aliphatic heterocycles. The van der Waals surface area contributed by atoms with Gasteiger partial charge in [0.15, 0.2) is 4.96 Å². The first kappa shape index (κ1) is 10.4. The molecule has 86 valence electrons. The van der Waals surface area contributed by atoms with Gasteiger partial charge >= 0.3 is 0 Å². The largest absolute Gasteiger partial charge is 0.379 e. The van der Waals surface area contributed by atoms with Crippen molar-refractivity contribution in [2.24, 2.45) is 0 Å². The number of hydrogen-bond donors (Lipinski definition) is 1. The van der Waals surface area contributed by atoms with Crippen molar-refractivity contribution in [3.05, 3.63) is 53.3 Å². The highest BCUT2D eigenvalue weighted by Crippen LogP contribution is 2.13. The Balaban J connectivity index is 1.71. The number of benzene rings is 1. The summed E-state index contributed by atoms with van der Waals surface area (Å²) in [4.78, 5) is 5.57. The number of hydrogen-bond acceptors (Lipinski definition) is 3. The van der Waals surface area contributed by atoms with Crippen molar-refractivity contribution in [2.75, 3.05) is 5.32 Å². The third kappa shape index (κ3) is 2.17. The lowest BCUT2D eigenvalue weighted by Crippen LogP contribution is -1.99. The number of nitrogens with one attached hydrogen (secondary N) is 1. The van der Waals surface area contributed by atoms with Gasteiger partial charge in [-0.1, -0.05) is 17.7 Å². The fourth-order valence-electron chi connectivity index (χ4n) is 1.73. The topological polar surface area (TPSA) is 29.3 Å². The second-order valence-corrected chi connectivity index (χ2v) is 4.92. The molecule has 2 aromatic heterocycles. The van der Waals surface area contributed by atoms with E-state index >= 15 is 0 Å². The molecule has 1 N–H and O–H groups in total. The third-order valence-electron chi connectivity index (χ3n) is 2.67. The minimum absolute atomic E-state index is 0.761. The zero-order valence-electron chi connectivity index (χ0n) is 9.55. The number of rotatable bonds is 3. The van der Waals surface area contributed by atoms with Crippen molar-refractivity contribution in [1.82, 2.24) is 9.38 Å². The van der Waals surface area contributed by atoms with Gasteiger partial charge in [-0.3, -0.25) is 4.40 Å². The van der Waals surface area contributed by atoms with E-state index < -0.39 is 0 Å². The molecule has 1 aromatic carbocycles. The molecule has 0 aliphatic rings. The molecular formula is C13H13N3S. The average Bonchev–Trinajstić information content (AvgIpc) is 2.88. The molecule has 4 heteroatoms. The number of imidazole rings is 1. The molecule has 0 radical (unpaired) electrons. The second kappa shape index (κ2) is 4.22. The molecule has 0 bridgehead atoms. The minimum Gasteiger partial charge on any atom is -0.379 e. The van der Waals surface area contributed by atoms with Crippen LogP contribution in [-0.2, 0) is 6.54 Å². The maximum atomic E-state index is 4.52. The molecule has 0 spiro atoms. The molecule has 0 atom stereocenters. The minimum atomic E-state index is 0.761. The summed E-state index contributed by atoms with van der Waals surface area (Å²) in [6, 6.07) is 8.39. The number of aryl methyl sites for hydroxylation is 1. The van der Waals surface area contributed by atoms with Crippen LogP contribution in [0.25, 0.3) is 4.96 Å². The first-order valence-electron chi connectivity index (χ1n) is 5.53. The van der Waals surface area contributed by atoms with Crippen LogP contribution in [-0.4, -0.2) is 9.38 Å². The predicted molar refractivity (Wildman–Crippen MR) is 71.6 cm³/mol. The third-order valence-corrected chi connectivity index (χ3v) is 3.44. The van der Waals surface area contributed by atoms with Crippen molar-refractivity contribution in [2.45, 2.75) is 13.5 Å². The number of aromatic nitrogens is 2. The maximum absolute atomic E-state index is 4.52. The molecule has 3 aromatic rings. The van der Waals surface area contributed by atoms with Gasteiger partial charge in [0.1, 0.15) is 0 Å². The van der Waals surface area contributed by atoms with Gasteiger partial charge in [-0.2, -0.15) is 0 Å². The molecule has 0 fully saturated rings. The van der Waals surface area contributed by atoms with Gasteiger partial charge in [-0.25, -0.2) is 4.98 Å². The van der Waals surface area contributed by atoms with E-state index in [1.54, 1.807) is 11.3 Å². The van der Waals surface area contributed by atoms with Crippen molar-refractivity contribution < 1.29 is 0 Å². The average molecular weight is 243 g/mol. The summed E-state index contributed by atoms with van der Waals surface area (Å²) in [7, 11) is 0. The Morgan fingerprint density at radius 3 is 2.88 bits per heavy atom. The Hall–Kier alpha value is -1.81. The SMILES string of the molecule is Cc1ccc(NCc2cn3ccsc3n2)cc1. The van der Waals surface area contributed by atoms with Crippen LogP contribution >= 0.6 is 11.3 Å². The fourth-order valence-corrected chi connectivity index (χ4v) is 2.44. The van der Waals surface area contributed by atoms with E-state index in [-0.39, 0.29) is 0 Å². The van der Waals surface area contributed by atoms with Crippen LogP contribution in [0.15, 0.2) is 42.0 Å². The lowest BCUT2D eigenvalue weighted by atomic mass is 10.2. The molecule has 3 rings (SSSR count). The van der Waals surface area contributed by atoms with Crippen LogP contribution in [0.1, 0.15) is 11.3 Å². The van der Waals surface area contributed by atoms with Crippen molar-refractivity contribution in [3.63, 3.8) is 0 Å². The van der Waals surface area contributed by atoms with Gasteiger partial charge in [0.05, 0.1) is 12.2 Å². The van der Waals surface area contributed by atoms with Crippen molar-refractivity contribution >= 4 is 22.0 Å². The fraction of sp³-hybridized carbons (Fsp3) is 0.154. The smallest absolute Gasteiger partial charge is 0.193 e. The quantitative estimate of drug-likeness (QED) is 0.764. The van der Waals surface area contributed by atoms with E-state index in [1.165, 1.54) is 5.56 Å². The van der Waals surface area contributed by atoms with E-state index in [4.69, 9.17) is 0 Å². The number of nitrogens with zero attached hydrogens (tertiary/aromatic N) is 2. The van der Waals surface area contributed by atoms with Gasteiger partial charge in [0.25, 0.3) is 0 Å². The molecular weight excluding hydrogens is 230 g/mol. The molecule has 0 unspecified atom stereocenters. The number of thiazole rings is 1. The van der Waals surface area contributed by atoms with Crippen LogP contribution in [0.4, 0.5) is 5.69 Å². The second-order valence-electron chi connectivity index (χ2n) is 4.04. The molecule has 0 saturated heterocycles.